The van der Waals surface area contributed by atoms with Gasteiger partial charge in [-0.2, -0.15) is 0 Å². The zero-order valence-electron chi connectivity index (χ0n) is 14.4. The first-order valence-electron chi connectivity index (χ1n) is 8.10. The molecule has 134 valence electrons. The summed E-state index contributed by atoms with van der Waals surface area (Å²) in [6, 6.07) is 7.05. The van der Waals surface area contributed by atoms with E-state index < -0.39 is 6.09 Å². The van der Waals surface area contributed by atoms with Crippen molar-refractivity contribution in [3.8, 4) is 0 Å². The molecule has 0 fully saturated rings. The molecule has 0 aliphatic rings. The van der Waals surface area contributed by atoms with Crippen molar-refractivity contribution in [2.24, 2.45) is 5.92 Å². The minimum atomic E-state index is -0.466. The summed E-state index contributed by atoms with van der Waals surface area (Å²) >= 11 is 6.02. The molecule has 1 aromatic carbocycles. The van der Waals surface area contributed by atoms with Crippen LogP contribution in [0.3, 0.4) is 0 Å². The highest BCUT2D eigenvalue weighted by molar-refractivity contribution is 6.33. The third-order valence-corrected chi connectivity index (χ3v) is 3.54. The van der Waals surface area contributed by atoms with Gasteiger partial charge >= 0.3 is 6.09 Å². The number of hydrogen-bond donors (Lipinski definition) is 3. The Bertz CT molecular complexity index is 538. The van der Waals surface area contributed by atoms with Crippen molar-refractivity contribution in [3.63, 3.8) is 0 Å². The van der Waals surface area contributed by atoms with Crippen LogP contribution in [0.4, 0.5) is 10.5 Å². The van der Waals surface area contributed by atoms with Gasteiger partial charge in [0, 0.05) is 12.6 Å². The Morgan fingerprint density at radius 2 is 1.96 bits per heavy atom. The zero-order chi connectivity index (χ0) is 17.9. The highest BCUT2D eigenvalue weighted by Crippen LogP contribution is 2.19. The lowest BCUT2D eigenvalue weighted by Gasteiger charge is -2.21. The van der Waals surface area contributed by atoms with Crippen LogP contribution in [0.15, 0.2) is 24.3 Å². The van der Waals surface area contributed by atoms with Crippen LogP contribution >= 0.6 is 11.6 Å². The number of benzene rings is 1. The van der Waals surface area contributed by atoms with Crippen molar-refractivity contribution in [1.82, 2.24) is 10.6 Å². The molecule has 3 N–H and O–H groups in total. The Kier molecular flexibility index (Phi) is 9.01. The summed E-state index contributed by atoms with van der Waals surface area (Å²) < 4.78 is 4.89. The van der Waals surface area contributed by atoms with E-state index in [-0.39, 0.29) is 18.5 Å². The summed E-state index contributed by atoms with van der Waals surface area (Å²) in [5, 5.41) is 9.12. The molecule has 0 spiro atoms. The van der Waals surface area contributed by atoms with E-state index in [9.17, 15) is 9.59 Å². The summed E-state index contributed by atoms with van der Waals surface area (Å²) in [5.74, 6) is 0.212. The first-order valence-corrected chi connectivity index (χ1v) is 8.48. The number of rotatable bonds is 9. The highest BCUT2D eigenvalue weighted by Gasteiger charge is 2.15. The van der Waals surface area contributed by atoms with Crippen molar-refractivity contribution in [1.29, 1.82) is 0 Å². The molecule has 0 aromatic heterocycles. The van der Waals surface area contributed by atoms with E-state index in [1.165, 1.54) is 0 Å². The van der Waals surface area contributed by atoms with Gasteiger partial charge in [-0.25, -0.2) is 4.79 Å². The van der Waals surface area contributed by atoms with Gasteiger partial charge in [-0.05, 0) is 31.4 Å². The average molecular weight is 356 g/mol. The van der Waals surface area contributed by atoms with Gasteiger partial charge in [0.05, 0.1) is 23.9 Å². The van der Waals surface area contributed by atoms with E-state index in [1.54, 1.807) is 19.1 Å². The lowest BCUT2D eigenvalue weighted by Crippen LogP contribution is -2.45. The molecule has 7 heteroatoms. The fourth-order valence-corrected chi connectivity index (χ4v) is 2.38. The Morgan fingerprint density at radius 1 is 1.25 bits per heavy atom. The van der Waals surface area contributed by atoms with Crippen LogP contribution in [0.2, 0.25) is 5.02 Å². The van der Waals surface area contributed by atoms with Crippen molar-refractivity contribution < 1.29 is 14.3 Å². The second-order valence-corrected chi connectivity index (χ2v) is 6.24. The van der Waals surface area contributed by atoms with Gasteiger partial charge in [-0.1, -0.05) is 37.6 Å². The molecule has 1 atom stereocenters. The molecule has 1 aromatic rings. The van der Waals surface area contributed by atoms with Crippen LogP contribution in [0, 0.1) is 5.92 Å². The zero-order valence-corrected chi connectivity index (χ0v) is 15.2. The molecule has 0 aliphatic heterocycles. The number of nitrogens with one attached hydrogen (secondary N) is 3. The Labute approximate surface area is 148 Å². The Balaban J connectivity index is 2.42. The molecular weight excluding hydrogens is 330 g/mol. The van der Waals surface area contributed by atoms with Crippen LogP contribution in [-0.4, -0.2) is 37.7 Å². The summed E-state index contributed by atoms with van der Waals surface area (Å²) in [6.07, 6.45) is 0.281. The van der Waals surface area contributed by atoms with Gasteiger partial charge in [0.1, 0.15) is 0 Å². The molecule has 0 radical (unpaired) electrons. The molecular formula is C17H26ClN3O3. The topological polar surface area (TPSA) is 79.5 Å². The summed E-state index contributed by atoms with van der Waals surface area (Å²) in [4.78, 5) is 23.5. The fraction of sp³-hybridized carbons (Fsp3) is 0.529. The van der Waals surface area contributed by atoms with Crippen molar-refractivity contribution in [2.75, 3.05) is 25.0 Å². The fourth-order valence-electron chi connectivity index (χ4n) is 2.18. The first-order chi connectivity index (χ1) is 11.4. The van der Waals surface area contributed by atoms with E-state index in [1.807, 2.05) is 12.1 Å². The maximum atomic E-state index is 12.0. The van der Waals surface area contributed by atoms with Gasteiger partial charge in [0.2, 0.25) is 5.91 Å². The number of hydrogen-bond acceptors (Lipinski definition) is 4. The molecule has 6 nitrogen and oxygen atoms in total. The van der Waals surface area contributed by atoms with Crippen LogP contribution in [0.25, 0.3) is 0 Å². The highest BCUT2D eigenvalue weighted by atomic mass is 35.5. The van der Waals surface area contributed by atoms with E-state index in [4.69, 9.17) is 16.3 Å². The lowest BCUT2D eigenvalue weighted by atomic mass is 10.0. The number of ether oxygens (including phenoxy) is 1. The van der Waals surface area contributed by atoms with Crippen molar-refractivity contribution >= 4 is 29.3 Å². The number of carbonyl (C=O) groups excluding carboxylic acids is 2. The van der Waals surface area contributed by atoms with Gasteiger partial charge in [0.15, 0.2) is 0 Å². The van der Waals surface area contributed by atoms with Crippen LogP contribution in [0.1, 0.15) is 27.2 Å². The largest absolute Gasteiger partial charge is 0.450 e. The summed E-state index contributed by atoms with van der Waals surface area (Å²) in [7, 11) is 0. The van der Waals surface area contributed by atoms with Gasteiger partial charge < -0.3 is 20.7 Å². The molecule has 0 bridgehead atoms. The second kappa shape index (κ2) is 10.8. The number of amides is 2. The normalized spacial score (nSPS) is 11.7. The van der Waals surface area contributed by atoms with Crippen molar-refractivity contribution in [3.05, 3.63) is 29.3 Å². The third kappa shape index (κ3) is 8.06. The quantitative estimate of drug-likeness (QED) is 0.636. The Hall–Kier alpha value is -1.95. The third-order valence-electron chi connectivity index (χ3n) is 3.21. The predicted octanol–water partition coefficient (Wildman–Crippen LogP) is 3.03. The second-order valence-electron chi connectivity index (χ2n) is 5.83. The monoisotopic (exact) mass is 355 g/mol. The Morgan fingerprint density at radius 3 is 2.58 bits per heavy atom. The van der Waals surface area contributed by atoms with Crippen LogP contribution < -0.4 is 16.0 Å². The molecule has 0 saturated carbocycles. The number of carbonyl (C=O) groups is 2. The predicted molar refractivity (Wildman–Crippen MR) is 96.4 cm³/mol. The number of para-hydroxylation sites is 1. The molecule has 0 saturated heterocycles. The maximum Gasteiger partial charge on any atom is 0.407 e. The average Bonchev–Trinajstić information content (AvgIpc) is 2.51. The van der Waals surface area contributed by atoms with Crippen LogP contribution in [-0.2, 0) is 9.53 Å². The van der Waals surface area contributed by atoms with Crippen molar-refractivity contribution in [2.45, 2.75) is 33.2 Å². The van der Waals surface area contributed by atoms with Gasteiger partial charge in [-0.15, -0.1) is 0 Å². The van der Waals surface area contributed by atoms with E-state index >= 15 is 0 Å². The minimum Gasteiger partial charge on any atom is -0.450 e. The number of alkyl carbamates (subject to hydrolysis) is 1. The first kappa shape index (κ1) is 20.1. The molecule has 1 rings (SSSR count). The molecule has 2 amide bonds. The standard InChI is InChI=1S/C17H26ClN3O3/c1-4-24-17(23)21-13(9-12(2)3)10-20-16(22)11-19-15-8-6-5-7-14(15)18/h5-8,12-13,19H,4,9-11H2,1-3H3,(H,20,22)(H,21,23). The lowest BCUT2D eigenvalue weighted by molar-refractivity contribution is -0.119. The molecule has 0 aliphatic carbocycles. The molecule has 0 heterocycles. The van der Waals surface area contributed by atoms with E-state index in [2.05, 4.69) is 29.8 Å². The summed E-state index contributed by atoms with van der Waals surface area (Å²) in [5.41, 5.74) is 0.706. The molecule has 24 heavy (non-hydrogen) atoms. The smallest absolute Gasteiger partial charge is 0.407 e. The van der Waals surface area contributed by atoms with Gasteiger partial charge in [0.25, 0.3) is 0 Å². The SMILES string of the molecule is CCOC(=O)NC(CNC(=O)CNc1ccccc1Cl)CC(C)C. The molecule has 1 unspecified atom stereocenters. The van der Waals surface area contributed by atoms with Gasteiger partial charge in [-0.3, -0.25) is 4.79 Å². The number of halogens is 1. The summed E-state index contributed by atoms with van der Waals surface area (Å²) in [6.45, 7) is 6.63. The van der Waals surface area contributed by atoms with E-state index in [0.29, 0.717) is 29.8 Å². The number of anilines is 1. The van der Waals surface area contributed by atoms with E-state index in [0.717, 1.165) is 6.42 Å². The maximum absolute atomic E-state index is 12.0. The van der Waals surface area contributed by atoms with Crippen LogP contribution in [0.5, 0.6) is 0 Å². The minimum absolute atomic E-state index is 0.109.